The van der Waals surface area contributed by atoms with Gasteiger partial charge in [0.2, 0.25) is 0 Å². The third kappa shape index (κ3) is 2.36. The molecule has 1 aromatic carbocycles. The number of hydrogen-bond donors (Lipinski definition) is 1. The standard InChI is InChI=1S/C13H16BrN3/c1-13(2,3)17-8-16-11(12(17)15)9-5-4-6-10(14)7-9/h4-8H,15H2,1-3H3. The van der Waals surface area contributed by atoms with Gasteiger partial charge in [-0.1, -0.05) is 28.1 Å². The van der Waals surface area contributed by atoms with Gasteiger partial charge in [-0.3, -0.25) is 0 Å². The second kappa shape index (κ2) is 4.18. The Morgan fingerprint density at radius 3 is 2.53 bits per heavy atom. The number of hydrogen-bond acceptors (Lipinski definition) is 2. The van der Waals surface area contributed by atoms with Crippen LogP contribution >= 0.6 is 15.9 Å². The van der Waals surface area contributed by atoms with Crippen molar-refractivity contribution in [2.24, 2.45) is 0 Å². The van der Waals surface area contributed by atoms with E-state index in [1.165, 1.54) is 0 Å². The lowest BCUT2D eigenvalue weighted by Gasteiger charge is -2.22. The molecule has 3 nitrogen and oxygen atoms in total. The molecule has 0 saturated heterocycles. The Morgan fingerprint density at radius 1 is 1.29 bits per heavy atom. The maximum absolute atomic E-state index is 6.16. The van der Waals surface area contributed by atoms with Gasteiger partial charge in [0.05, 0.1) is 6.33 Å². The fourth-order valence-corrected chi connectivity index (χ4v) is 2.15. The van der Waals surface area contributed by atoms with Gasteiger partial charge in [-0.2, -0.15) is 0 Å². The number of aromatic nitrogens is 2. The van der Waals surface area contributed by atoms with E-state index >= 15 is 0 Å². The van der Waals surface area contributed by atoms with Crippen LogP contribution in [0.2, 0.25) is 0 Å². The van der Waals surface area contributed by atoms with Gasteiger partial charge in [0.1, 0.15) is 11.5 Å². The first-order valence-electron chi connectivity index (χ1n) is 5.49. The Morgan fingerprint density at radius 2 is 2.00 bits per heavy atom. The summed E-state index contributed by atoms with van der Waals surface area (Å²) in [4.78, 5) is 4.41. The largest absolute Gasteiger partial charge is 0.383 e. The molecule has 0 aliphatic heterocycles. The third-order valence-corrected chi connectivity index (χ3v) is 3.12. The highest BCUT2D eigenvalue weighted by Gasteiger charge is 2.19. The molecule has 4 heteroatoms. The molecule has 1 aromatic heterocycles. The highest BCUT2D eigenvalue weighted by molar-refractivity contribution is 9.10. The average molecular weight is 294 g/mol. The average Bonchev–Trinajstić information content (AvgIpc) is 2.59. The van der Waals surface area contributed by atoms with Crippen molar-refractivity contribution in [1.82, 2.24) is 9.55 Å². The summed E-state index contributed by atoms with van der Waals surface area (Å²) in [7, 11) is 0. The molecule has 0 spiro atoms. The number of anilines is 1. The molecule has 2 aromatic rings. The number of nitrogen functional groups attached to an aromatic ring is 1. The van der Waals surface area contributed by atoms with Gasteiger partial charge in [0.25, 0.3) is 0 Å². The van der Waals surface area contributed by atoms with E-state index in [1.54, 1.807) is 6.33 Å². The van der Waals surface area contributed by atoms with Crippen molar-refractivity contribution in [3.05, 3.63) is 35.1 Å². The molecule has 0 saturated carbocycles. The zero-order valence-corrected chi connectivity index (χ0v) is 11.8. The zero-order valence-electron chi connectivity index (χ0n) is 10.2. The van der Waals surface area contributed by atoms with E-state index in [1.807, 2.05) is 28.8 Å². The van der Waals surface area contributed by atoms with Crippen molar-refractivity contribution >= 4 is 21.7 Å². The Bertz CT molecular complexity index is 538. The van der Waals surface area contributed by atoms with Crippen LogP contribution in [0.5, 0.6) is 0 Å². The van der Waals surface area contributed by atoms with Gasteiger partial charge < -0.3 is 10.3 Å². The van der Waals surface area contributed by atoms with E-state index < -0.39 is 0 Å². The molecule has 0 atom stereocenters. The summed E-state index contributed by atoms with van der Waals surface area (Å²) >= 11 is 3.45. The lowest BCUT2D eigenvalue weighted by atomic mass is 10.1. The number of nitrogens with zero attached hydrogens (tertiary/aromatic N) is 2. The van der Waals surface area contributed by atoms with Gasteiger partial charge in [0, 0.05) is 15.6 Å². The van der Waals surface area contributed by atoms with E-state index in [-0.39, 0.29) is 5.54 Å². The number of halogens is 1. The van der Waals surface area contributed by atoms with Crippen molar-refractivity contribution in [3.63, 3.8) is 0 Å². The Kier molecular flexibility index (Phi) is 3.00. The smallest absolute Gasteiger partial charge is 0.132 e. The van der Waals surface area contributed by atoms with Crippen molar-refractivity contribution in [3.8, 4) is 11.3 Å². The second-order valence-corrected chi connectivity index (χ2v) is 5.95. The van der Waals surface area contributed by atoms with Crippen molar-refractivity contribution in [1.29, 1.82) is 0 Å². The topological polar surface area (TPSA) is 43.8 Å². The van der Waals surface area contributed by atoms with E-state index in [2.05, 4.69) is 41.7 Å². The fraction of sp³-hybridized carbons (Fsp3) is 0.308. The van der Waals surface area contributed by atoms with E-state index in [9.17, 15) is 0 Å². The van der Waals surface area contributed by atoms with Crippen molar-refractivity contribution in [2.75, 3.05) is 5.73 Å². The summed E-state index contributed by atoms with van der Waals surface area (Å²) in [5.41, 5.74) is 7.96. The Balaban J connectivity index is 2.52. The minimum Gasteiger partial charge on any atom is -0.383 e. The van der Waals surface area contributed by atoms with Gasteiger partial charge in [-0.15, -0.1) is 0 Å². The van der Waals surface area contributed by atoms with Crippen LogP contribution < -0.4 is 5.73 Å². The molecule has 90 valence electrons. The highest BCUT2D eigenvalue weighted by atomic mass is 79.9. The maximum Gasteiger partial charge on any atom is 0.132 e. The lowest BCUT2D eigenvalue weighted by Crippen LogP contribution is -2.22. The molecule has 0 radical (unpaired) electrons. The Hall–Kier alpha value is -1.29. The van der Waals surface area contributed by atoms with Gasteiger partial charge in [0.15, 0.2) is 0 Å². The minimum atomic E-state index is -0.0542. The zero-order chi connectivity index (χ0) is 12.6. The van der Waals surface area contributed by atoms with Gasteiger partial charge in [-0.25, -0.2) is 4.98 Å². The molecular formula is C13H16BrN3. The van der Waals surface area contributed by atoms with Crippen LogP contribution in [0.3, 0.4) is 0 Å². The SMILES string of the molecule is CC(C)(C)n1cnc(-c2cccc(Br)c2)c1N. The lowest BCUT2D eigenvalue weighted by molar-refractivity contribution is 0.402. The molecule has 2 N–H and O–H groups in total. The molecule has 2 rings (SSSR count). The third-order valence-electron chi connectivity index (χ3n) is 2.63. The first-order chi connectivity index (χ1) is 7.89. The van der Waals surface area contributed by atoms with Gasteiger partial charge in [-0.05, 0) is 32.9 Å². The molecule has 0 aliphatic carbocycles. The molecule has 17 heavy (non-hydrogen) atoms. The number of nitrogens with two attached hydrogens (primary N) is 1. The summed E-state index contributed by atoms with van der Waals surface area (Å²) in [5, 5.41) is 0. The predicted molar refractivity (Wildman–Crippen MR) is 74.8 cm³/mol. The van der Waals surface area contributed by atoms with Crippen LogP contribution in [0, 0.1) is 0 Å². The number of rotatable bonds is 1. The minimum absolute atomic E-state index is 0.0542. The number of benzene rings is 1. The maximum atomic E-state index is 6.16. The first-order valence-corrected chi connectivity index (χ1v) is 6.28. The molecule has 0 aliphatic rings. The summed E-state index contributed by atoms with van der Waals surface area (Å²) in [6.45, 7) is 6.32. The summed E-state index contributed by atoms with van der Waals surface area (Å²) in [6.07, 6.45) is 1.80. The van der Waals surface area contributed by atoms with Gasteiger partial charge >= 0.3 is 0 Å². The predicted octanol–water partition coefficient (Wildman–Crippen LogP) is 3.65. The van der Waals surface area contributed by atoms with Crippen LogP contribution in [-0.2, 0) is 5.54 Å². The van der Waals surface area contributed by atoms with Crippen LogP contribution in [0.4, 0.5) is 5.82 Å². The normalized spacial score (nSPS) is 11.8. The van der Waals surface area contributed by atoms with Crippen molar-refractivity contribution < 1.29 is 0 Å². The summed E-state index contributed by atoms with van der Waals surface area (Å²) in [6, 6.07) is 8.00. The van der Waals surface area contributed by atoms with Crippen LogP contribution in [0.25, 0.3) is 11.3 Å². The van der Waals surface area contributed by atoms with E-state index in [0.717, 1.165) is 15.7 Å². The molecule has 0 unspecified atom stereocenters. The van der Waals surface area contributed by atoms with Crippen molar-refractivity contribution in [2.45, 2.75) is 26.3 Å². The van der Waals surface area contributed by atoms with Crippen LogP contribution in [0.15, 0.2) is 35.1 Å². The molecule has 0 amide bonds. The Labute approximate surface area is 110 Å². The number of imidazole rings is 1. The molecular weight excluding hydrogens is 278 g/mol. The fourth-order valence-electron chi connectivity index (χ4n) is 1.75. The van der Waals surface area contributed by atoms with E-state index in [0.29, 0.717) is 5.82 Å². The quantitative estimate of drug-likeness (QED) is 0.872. The van der Waals surface area contributed by atoms with Crippen LogP contribution in [-0.4, -0.2) is 9.55 Å². The highest BCUT2D eigenvalue weighted by Crippen LogP contribution is 2.29. The first kappa shape index (κ1) is 12.2. The second-order valence-electron chi connectivity index (χ2n) is 5.03. The van der Waals surface area contributed by atoms with Crippen LogP contribution in [0.1, 0.15) is 20.8 Å². The monoisotopic (exact) mass is 293 g/mol. The summed E-state index contributed by atoms with van der Waals surface area (Å²) in [5.74, 6) is 0.704. The molecule has 1 heterocycles. The molecule has 0 bridgehead atoms. The van der Waals surface area contributed by atoms with E-state index in [4.69, 9.17) is 5.73 Å². The summed E-state index contributed by atoms with van der Waals surface area (Å²) < 4.78 is 3.02. The molecule has 0 fully saturated rings.